The Labute approximate surface area is 170 Å². The standard InChI is InChI=1S/C20H34F3N5O/c1-11(2)24-20(26-19(29)12-3-5-14(21)6-4-12)25-18-10-17(27-28-18)13-7-15(22)9-16(23)8-13/h11-18,27-28H,3-10H2,1-2H3,(H2,24,25,26,29). The minimum atomic E-state index is -1.09. The van der Waals surface area contributed by atoms with E-state index in [-0.39, 0.29) is 42.4 Å². The zero-order valence-electron chi connectivity index (χ0n) is 17.3. The Morgan fingerprint density at radius 1 is 0.931 bits per heavy atom. The van der Waals surface area contributed by atoms with Gasteiger partial charge in [-0.3, -0.25) is 15.5 Å². The second kappa shape index (κ2) is 10.1. The number of hydrogen-bond acceptors (Lipinski definition) is 4. The second-order valence-electron chi connectivity index (χ2n) is 9.02. The van der Waals surface area contributed by atoms with Crippen LogP contribution in [0.5, 0.6) is 0 Å². The van der Waals surface area contributed by atoms with Crippen LogP contribution in [0.15, 0.2) is 4.99 Å². The number of guanidine groups is 1. The van der Waals surface area contributed by atoms with Gasteiger partial charge in [-0.1, -0.05) is 0 Å². The molecule has 0 spiro atoms. The minimum absolute atomic E-state index is 0.00294. The fourth-order valence-electron chi connectivity index (χ4n) is 4.58. The number of nitrogens with zero attached hydrogens (tertiary/aromatic N) is 1. The highest BCUT2D eigenvalue weighted by molar-refractivity contribution is 5.98. The molecular formula is C20H34F3N5O. The number of carbonyl (C=O) groups excluding carboxylic acids is 1. The number of aliphatic imine (C=N–C) groups is 1. The average molecular weight is 418 g/mol. The maximum atomic E-state index is 13.7. The first-order valence-electron chi connectivity index (χ1n) is 10.9. The molecule has 1 saturated heterocycles. The summed E-state index contributed by atoms with van der Waals surface area (Å²) in [4.78, 5) is 17.2. The third kappa shape index (κ3) is 6.57. The van der Waals surface area contributed by atoms with Gasteiger partial charge in [-0.25, -0.2) is 23.6 Å². The Balaban J connectivity index is 1.57. The Hall–Kier alpha value is -1.35. The van der Waals surface area contributed by atoms with Crippen molar-refractivity contribution in [3.05, 3.63) is 0 Å². The lowest BCUT2D eigenvalue weighted by atomic mass is 9.81. The smallest absolute Gasteiger partial charge is 0.229 e. The van der Waals surface area contributed by atoms with Crippen molar-refractivity contribution in [1.29, 1.82) is 0 Å². The lowest BCUT2D eigenvalue weighted by Crippen LogP contribution is -2.48. The highest BCUT2D eigenvalue weighted by atomic mass is 19.1. The summed E-state index contributed by atoms with van der Waals surface area (Å²) in [7, 11) is 0. The molecule has 0 aromatic rings. The van der Waals surface area contributed by atoms with E-state index >= 15 is 0 Å². The largest absolute Gasteiger partial charge is 0.354 e. The molecule has 3 aliphatic rings. The molecule has 2 aliphatic carbocycles. The van der Waals surface area contributed by atoms with Gasteiger partial charge in [0.2, 0.25) is 5.91 Å². The first kappa shape index (κ1) is 22.3. The van der Waals surface area contributed by atoms with E-state index in [0.717, 1.165) is 0 Å². The summed E-state index contributed by atoms with van der Waals surface area (Å²) in [5, 5.41) is 6.01. The Morgan fingerprint density at radius 3 is 2.21 bits per heavy atom. The van der Waals surface area contributed by atoms with Crippen molar-refractivity contribution in [2.45, 2.75) is 102 Å². The highest BCUT2D eigenvalue weighted by Crippen LogP contribution is 2.33. The van der Waals surface area contributed by atoms with Crippen LogP contribution in [0.2, 0.25) is 0 Å². The number of hydrazine groups is 1. The van der Waals surface area contributed by atoms with Crippen LogP contribution in [0.25, 0.3) is 0 Å². The van der Waals surface area contributed by atoms with E-state index in [1.807, 2.05) is 13.8 Å². The van der Waals surface area contributed by atoms with Crippen LogP contribution < -0.4 is 21.5 Å². The predicted octanol–water partition coefficient (Wildman–Crippen LogP) is 2.65. The van der Waals surface area contributed by atoms with Crippen LogP contribution in [-0.4, -0.2) is 48.6 Å². The Kier molecular flexibility index (Phi) is 7.79. The third-order valence-electron chi connectivity index (χ3n) is 6.09. The molecule has 2 saturated carbocycles. The predicted molar refractivity (Wildman–Crippen MR) is 106 cm³/mol. The summed E-state index contributed by atoms with van der Waals surface area (Å²) in [5.41, 5.74) is 6.20. The van der Waals surface area contributed by atoms with E-state index < -0.39 is 18.5 Å². The Morgan fingerprint density at radius 2 is 1.59 bits per heavy atom. The van der Waals surface area contributed by atoms with Gasteiger partial charge in [-0.15, -0.1) is 0 Å². The van der Waals surface area contributed by atoms with Crippen LogP contribution in [0, 0.1) is 11.8 Å². The zero-order chi connectivity index (χ0) is 21.0. The fraction of sp³-hybridized carbons (Fsp3) is 0.900. The van der Waals surface area contributed by atoms with E-state index in [0.29, 0.717) is 50.9 Å². The molecule has 9 heteroatoms. The summed E-state index contributed by atoms with van der Waals surface area (Å²) in [6.45, 7) is 3.90. The number of nitrogens with one attached hydrogen (secondary N) is 4. The maximum Gasteiger partial charge on any atom is 0.229 e. The summed E-state index contributed by atoms with van der Waals surface area (Å²) >= 11 is 0. The number of amides is 1. The van der Waals surface area contributed by atoms with Gasteiger partial charge in [0.15, 0.2) is 5.96 Å². The number of halogens is 3. The van der Waals surface area contributed by atoms with Gasteiger partial charge in [0, 0.05) is 30.8 Å². The van der Waals surface area contributed by atoms with Gasteiger partial charge in [0.25, 0.3) is 0 Å². The van der Waals surface area contributed by atoms with Crippen LogP contribution >= 0.6 is 0 Å². The summed E-state index contributed by atoms with van der Waals surface area (Å²) < 4.78 is 40.8. The van der Waals surface area contributed by atoms with Crippen molar-refractivity contribution >= 4 is 11.9 Å². The normalized spacial score (nSPS) is 38.8. The van der Waals surface area contributed by atoms with E-state index in [4.69, 9.17) is 0 Å². The van der Waals surface area contributed by atoms with Gasteiger partial charge < -0.3 is 5.32 Å². The van der Waals surface area contributed by atoms with E-state index in [2.05, 4.69) is 26.5 Å². The summed E-state index contributed by atoms with van der Waals surface area (Å²) in [5.74, 6) is -0.0379. The third-order valence-corrected chi connectivity index (χ3v) is 6.09. The molecule has 3 rings (SSSR count). The molecule has 6 nitrogen and oxygen atoms in total. The van der Waals surface area contributed by atoms with Crippen LogP contribution in [0.1, 0.15) is 65.2 Å². The molecule has 29 heavy (non-hydrogen) atoms. The zero-order valence-corrected chi connectivity index (χ0v) is 17.3. The van der Waals surface area contributed by atoms with E-state index in [1.54, 1.807) is 0 Å². The molecule has 4 atom stereocenters. The van der Waals surface area contributed by atoms with Crippen molar-refractivity contribution < 1.29 is 18.0 Å². The molecule has 0 radical (unpaired) electrons. The van der Waals surface area contributed by atoms with Gasteiger partial charge in [0.05, 0.1) is 0 Å². The fourth-order valence-corrected chi connectivity index (χ4v) is 4.58. The van der Waals surface area contributed by atoms with Crippen molar-refractivity contribution in [3.63, 3.8) is 0 Å². The van der Waals surface area contributed by atoms with Gasteiger partial charge in [0.1, 0.15) is 24.7 Å². The number of hydrogen-bond donors (Lipinski definition) is 4. The second-order valence-corrected chi connectivity index (χ2v) is 9.02. The molecule has 4 unspecified atom stereocenters. The molecular weight excluding hydrogens is 383 g/mol. The van der Waals surface area contributed by atoms with Crippen LogP contribution in [-0.2, 0) is 4.79 Å². The first-order chi connectivity index (χ1) is 13.8. The molecule has 0 aromatic carbocycles. The molecule has 1 heterocycles. The molecule has 1 aliphatic heterocycles. The van der Waals surface area contributed by atoms with E-state index in [1.165, 1.54) is 0 Å². The molecule has 0 bridgehead atoms. The highest BCUT2D eigenvalue weighted by Gasteiger charge is 2.37. The number of rotatable bonds is 4. The van der Waals surface area contributed by atoms with Crippen molar-refractivity contribution in [2.75, 3.05) is 0 Å². The van der Waals surface area contributed by atoms with Crippen molar-refractivity contribution in [2.24, 2.45) is 16.8 Å². The van der Waals surface area contributed by atoms with E-state index in [9.17, 15) is 18.0 Å². The van der Waals surface area contributed by atoms with Crippen LogP contribution in [0.4, 0.5) is 13.2 Å². The van der Waals surface area contributed by atoms with Gasteiger partial charge >= 0.3 is 0 Å². The quantitative estimate of drug-likeness (QED) is 0.419. The van der Waals surface area contributed by atoms with Gasteiger partial charge in [-0.2, -0.15) is 0 Å². The molecule has 166 valence electrons. The number of carbonyl (C=O) groups is 1. The Bertz CT molecular complexity index is 572. The first-order valence-corrected chi connectivity index (χ1v) is 10.9. The topological polar surface area (TPSA) is 77.6 Å². The minimum Gasteiger partial charge on any atom is -0.354 e. The molecule has 4 N–H and O–H groups in total. The van der Waals surface area contributed by atoms with Crippen molar-refractivity contribution in [3.8, 4) is 0 Å². The lowest BCUT2D eigenvalue weighted by molar-refractivity contribution is -0.124. The molecule has 1 amide bonds. The molecule has 3 fully saturated rings. The average Bonchev–Trinajstić information content (AvgIpc) is 3.09. The summed E-state index contributed by atoms with van der Waals surface area (Å²) in [6, 6.07) is 0.00936. The summed E-state index contributed by atoms with van der Waals surface area (Å²) in [6.07, 6.45) is -0.0477. The van der Waals surface area contributed by atoms with Crippen LogP contribution in [0.3, 0.4) is 0 Å². The monoisotopic (exact) mass is 417 g/mol. The SMILES string of the molecule is CC(C)N/C(=N\C1CC(C2CC(F)CC(F)C2)NN1)NC(=O)C1CCC(F)CC1. The number of alkyl halides is 3. The van der Waals surface area contributed by atoms with Crippen molar-refractivity contribution in [1.82, 2.24) is 21.5 Å². The van der Waals surface area contributed by atoms with Gasteiger partial charge in [-0.05, 0) is 58.3 Å². The maximum absolute atomic E-state index is 13.7. The molecule has 0 aromatic heterocycles. The lowest BCUT2D eigenvalue weighted by Gasteiger charge is -2.31.